The normalized spacial score (nSPS) is 19.0. The molecule has 0 amide bonds. The Bertz CT molecular complexity index is 151. The Morgan fingerprint density at radius 2 is 1.87 bits per heavy atom. The zero-order valence-electron chi connectivity index (χ0n) is 10.8. The van der Waals surface area contributed by atoms with Crippen LogP contribution in [0.4, 0.5) is 0 Å². The van der Waals surface area contributed by atoms with Gasteiger partial charge < -0.3 is 5.32 Å². The highest BCUT2D eigenvalue weighted by Gasteiger charge is 2.22. The Hall–Kier alpha value is -0.0800. The van der Waals surface area contributed by atoms with Crippen molar-refractivity contribution in [3.8, 4) is 0 Å². The van der Waals surface area contributed by atoms with E-state index in [2.05, 4.69) is 31.0 Å². The summed E-state index contributed by atoms with van der Waals surface area (Å²) >= 11 is 0. The fourth-order valence-electron chi connectivity index (χ4n) is 2.55. The van der Waals surface area contributed by atoms with E-state index in [9.17, 15) is 0 Å². The van der Waals surface area contributed by atoms with Crippen molar-refractivity contribution in [2.24, 2.45) is 0 Å². The van der Waals surface area contributed by atoms with Gasteiger partial charge in [0.15, 0.2) is 0 Å². The highest BCUT2D eigenvalue weighted by molar-refractivity contribution is 4.79. The summed E-state index contributed by atoms with van der Waals surface area (Å²) in [4.78, 5) is 2.72. The van der Waals surface area contributed by atoms with Gasteiger partial charge in [0, 0.05) is 12.1 Å². The van der Waals surface area contributed by atoms with E-state index in [0.717, 1.165) is 6.04 Å². The Morgan fingerprint density at radius 3 is 2.40 bits per heavy atom. The summed E-state index contributed by atoms with van der Waals surface area (Å²) in [5.74, 6) is 0. The first-order chi connectivity index (χ1) is 7.25. The Kier molecular flexibility index (Phi) is 6.26. The molecule has 1 rings (SSSR count). The van der Waals surface area contributed by atoms with Crippen LogP contribution in [0.5, 0.6) is 0 Å². The number of hydrogen-bond acceptors (Lipinski definition) is 2. The molecule has 0 aliphatic carbocycles. The SMILES string of the molecule is CCCCCN(C(C)C)C1CCNCC1. The summed E-state index contributed by atoms with van der Waals surface area (Å²) < 4.78 is 0. The van der Waals surface area contributed by atoms with E-state index in [1.54, 1.807) is 0 Å². The predicted octanol–water partition coefficient (Wildman–Crippen LogP) is 2.64. The zero-order chi connectivity index (χ0) is 11.1. The molecular weight excluding hydrogens is 184 g/mol. The van der Waals surface area contributed by atoms with Gasteiger partial charge in [-0.3, -0.25) is 4.90 Å². The summed E-state index contributed by atoms with van der Waals surface area (Å²) in [6, 6.07) is 1.55. The minimum Gasteiger partial charge on any atom is -0.317 e. The summed E-state index contributed by atoms with van der Waals surface area (Å²) in [5, 5.41) is 3.45. The molecule has 0 bridgehead atoms. The van der Waals surface area contributed by atoms with Crippen LogP contribution >= 0.6 is 0 Å². The van der Waals surface area contributed by atoms with Crippen molar-refractivity contribution in [2.45, 2.75) is 65.0 Å². The van der Waals surface area contributed by atoms with Gasteiger partial charge in [-0.2, -0.15) is 0 Å². The van der Waals surface area contributed by atoms with Gasteiger partial charge in [0.2, 0.25) is 0 Å². The van der Waals surface area contributed by atoms with Crippen LogP contribution in [-0.4, -0.2) is 36.6 Å². The molecule has 1 aliphatic rings. The van der Waals surface area contributed by atoms with Gasteiger partial charge in [0.05, 0.1) is 0 Å². The van der Waals surface area contributed by atoms with Crippen molar-refractivity contribution >= 4 is 0 Å². The highest BCUT2D eigenvalue weighted by atomic mass is 15.2. The van der Waals surface area contributed by atoms with Crippen LogP contribution < -0.4 is 5.32 Å². The summed E-state index contributed by atoms with van der Waals surface area (Å²) in [7, 11) is 0. The van der Waals surface area contributed by atoms with E-state index in [-0.39, 0.29) is 0 Å². The van der Waals surface area contributed by atoms with Gasteiger partial charge >= 0.3 is 0 Å². The molecule has 0 aromatic carbocycles. The Morgan fingerprint density at radius 1 is 1.20 bits per heavy atom. The van der Waals surface area contributed by atoms with E-state index in [1.807, 2.05) is 0 Å². The molecule has 1 aliphatic heterocycles. The number of hydrogen-bond donors (Lipinski definition) is 1. The fraction of sp³-hybridized carbons (Fsp3) is 1.00. The molecule has 1 N–H and O–H groups in total. The van der Waals surface area contributed by atoms with Crippen molar-refractivity contribution in [1.82, 2.24) is 10.2 Å². The molecule has 0 aromatic rings. The first-order valence-corrected chi connectivity index (χ1v) is 6.72. The van der Waals surface area contributed by atoms with E-state index < -0.39 is 0 Å². The van der Waals surface area contributed by atoms with E-state index in [0.29, 0.717) is 6.04 Å². The second-order valence-corrected chi connectivity index (χ2v) is 5.02. The molecule has 0 spiro atoms. The molecule has 0 radical (unpaired) electrons. The standard InChI is InChI=1S/C13H28N2/c1-4-5-6-11-15(12(2)3)13-7-9-14-10-8-13/h12-14H,4-11H2,1-3H3. The highest BCUT2D eigenvalue weighted by Crippen LogP contribution is 2.16. The maximum atomic E-state index is 3.45. The molecule has 0 atom stereocenters. The lowest BCUT2D eigenvalue weighted by molar-refractivity contribution is 0.123. The van der Waals surface area contributed by atoms with Gasteiger partial charge in [0.25, 0.3) is 0 Å². The van der Waals surface area contributed by atoms with Gasteiger partial charge in [-0.05, 0) is 52.7 Å². The number of rotatable bonds is 6. The molecule has 0 aromatic heterocycles. The molecule has 1 saturated heterocycles. The van der Waals surface area contributed by atoms with Crippen LogP contribution in [0.1, 0.15) is 52.9 Å². The minimum absolute atomic E-state index is 0.713. The van der Waals surface area contributed by atoms with E-state index in [4.69, 9.17) is 0 Å². The largest absolute Gasteiger partial charge is 0.317 e. The maximum absolute atomic E-state index is 3.45. The third kappa shape index (κ3) is 4.52. The quantitative estimate of drug-likeness (QED) is 0.681. The lowest BCUT2D eigenvalue weighted by Gasteiger charge is -2.37. The Balaban J connectivity index is 2.34. The lowest BCUT2D eigenvalue weighted by Crippen LogP contribution is -2.46. The third-order valence-corrected chi connectivity index (χ3v) is 3.46. The predicted molar refractivity (Wildman–Crippen MR) is 67.3 cm³/mol. The van der Waals surface area contributed by atoms with E-state index in [1.165, 1.54) is 51.7 Å². The summed E-state index contributed by atoms with van der Waals surface area (Å²) in [5.41, 5.74) is 0. The monoisotopic (exact) mass is 212 g/mol. The first-order valence-electron chi connectivity index (χ1n) is 6.72. The van der Waals surface area contributed by atoms with Crippen molar-refractivity contribution in [2.75, 3.05) is 19.6 Å². The minimum atomic E-state index is 0.713. The summed E-state index contributed by atoms with van der Waals surface area (Å²) in [6.07, 6.45) is 6.76. The van der Waals surface area contributed by atoms with E-state index >= 15 is 0 Å². The molecule has 0 unspecified atom stereocenters. The van der Waals surface area contributed by atoms with Crippen LogP contribution in [-0.2, 0) is 0 Å². The second kappa shape index (κ2) is 7.24. The fourth-order valence-corrected chi connectivity index (χ4v) is 2.55. The summed E-state index contributed by atoms with van der Waals surface area (Å²) in [6.45, 7) is 10.7. The molecule has 2 nitrogen and oxygen atoms in total. The zero-order valence-corrected chi connectivity index (χ0v) is 10.8. The third-order valence-electron chi connectivity index (χ3n) is 3.46. The van der Waals surface area contributed by atoms with Crippen molar-refractivity contribution in [1.29, 1.82) is 0 Å². The van der Waals surface area contributed by atoms with Crippen LogP contribution in [0.25, 0.3) is 0 Å². The Labute approximate surface area is 95.4 Å². The number of nitrogens with zero attached hydrogens (tertiary/aromatic N) is 1. The topological polar surface area (TPSA) is 15.3 Å². The molecule has 1 fully saturated rings. The van der Waals surface area contributed by atoms with Crippen LogP contribution in [0.3, 0.4) is 0 Å². The molecule has 2 heteroatoms. The van der Waals surface area contributed by atoms with Crippen LogP contribution in [0.15, 0.2) is 0 Å². The van der Waals surface area contributed by atoms with Crippen molar-refractivity contribution < 1.29 is 0 Å². The lowest BCUT2D eigenvalue weighted by atomic mass is 10.0. The maximum Gasteiger partial charge on any atom is 0.0122 e. The van der Waals surface area contributed by atoms with Gasteiger partial charge in [-0.1, -0.05) is 19.8 Å². The van der Waals surface area contributed by atoms with Crippen molar-refractivity contribution in [3.05, 3.63) is 0 Å². The molecular formula is C13H28N2. The number of unbranched alkanes of at least 4 members (excludes halogenated alkanes) is 2. The number of nitrogens with one attached hydrogen (secondary N) is 1. The first kappa shape index (κ1) is 13.0. The van der Waals surface area contributed by atoms with Gasteiger partial charge in [-0.25, -0.2) is 0 Å². The second-order valence-electron chi connectivity index (χ2n) is 5.02. The average molecular weight is 212 g/mol. The number of piperidine rings is 1. The smallest absolute Gasteiger partial charge is 0.0122 e. The van der Waals surface area contributed by atoms with Crippen LogP contribution in [0, 0.1) is 0 Å². The molecule has 1 heterocycles. The molecule has 0 saturated carbocycles. The van der Waals surface area contributed by atoms with Gasteiger partial charge in [0.1, 0.15) is 0 Å². The molecule has 15 heavy (non-hydrogen) atoms. The molecule has 90 valence electrons. The van der Waals surface area contributed by atoms with Crippen LogP contribution in [0.2, 0.25) is 0 Å². The van der Waals surface area contributed by atoms with Crippen molar-refractivity contribution in [3.63, 3.8) is 0 Å². The average Bonchev–Trinajstić information content (AvgIpc) is 2.25. The van der Waals surface area contributed by atoms with Gasteiger partial charge in [-0.15, -0.1) is 0 Å².